The lowest BCUT2D eigenvalue weighted by atomic mass is 10.2. The normalized spacial score (nSPS) is 11.3. The molecule has 1 heterocycles. The average molecular weight is 281 g/mol. The van der Waals surface area contributed by atoms with Crippen LogP contribution in [0.5, 0.6) is 0 Å². The maximum atomic E-state index is 13.0. The fourth-order valence-electron chi connectivity index (χ4n) is 1.54. The number of pyridine rings is 1. The lowest BCUT2D eigenvalue weighted by Crippen LogP contribution is -2.14. The van der Waals surface area contributed by atoms with E-state index in [4.69, 9.17) is 5.73 Å². The van der Waals surface area contributed by atoms with Gasteiger partial charge in [-0.05, 0) is 36.8 Å². The van der Waals surface area contributed by atoms with Crippen molar-refractivity contribution < 1.29 is 12.8 Å². The van der Waals surface area contributed by atoms with Gasteiger partial charge in [-0.3, -0.25) is 4.72 Å². The smallest absolute Gasteiger partial charge is 0.262 e. The molecule has 0 aliphatic carbocycles. The summed E-state index contributed by atoms with van der Waals surface area (Å²) in [5, 5.41) is 0. The molecule has 0 fully saturated rings. The first-order valence-corrected chi connectivity index (χ1v) is 6.87. The van der Waals surface area contributed by atoms with Crippen LogP contribution in [-0.4, -0.2) is 13.4 Å². The Balaban J connectivity index is 2.36. The Kier molecular flexibility index (Phi) is 3.39. The highest BCUT2D eigenvalue weighted by molar-refractivity contribution is 7.92. The van der Waals surface area contributed by atoms with E-state index in [0.717, 1.165) is 0 Å². The van der Waals surface area contributed by atoms with Crippen LogP contribution in [0.15, 0.2) is 41.4 Å². The van der Waals surface area contributed by atoms with Crippen LogP contribution in [0, 0.1) is 12.7 Å². The average Bonchev–Trinajstić information content (AvgIpc) is 2.33. The van der Waals surface area contributed by atoms with Crippen molar-refractivity contribution in [3.63, 3.8) is 0 Å². The molecule has 0 amide bonds. The minimum atomic E-state index is -3.76. The van der Waals surface area contributed by atoms with E-state index in [1.165, 1.54) is 36.5 Å². The van der Waals surface area contributed by atoms with E-state index >= 15 is 0 Å². The van der Waals surface area contributed by atoms with Crippen LogP contribution in [-0.2, 0) is 10.0 Å². The SMILES string of the molecule is Cc1cc(F)ccc1NS(=O)(=O)c1ccnc(N)c1. The number of aryl methyl sites for hydroxylation is 1. The molecule has 0 saturated carbocycles. The Labute approximate surface area is 110 Å². The first-order chi connectivity index (χ1) is 8.88. The number of nitrogens with two attached hydrogens (primary N) is 1. The van der Waals surface area contributed by atoms with E-state index in [-0.39, 0.29) is 10.7 Å². The predicted octanol–water partition coefficient (Wildman–Crippen LogP) is 1.91. The number of aromatic nitrogens is 1. The van der Waals surface area contributed by atoms with Gasteiger partial charge in [0.25, 0.3) is 10.0 Å². The number of rotatable bonds is 3. The summed E-state index contributed by atoms with van der Waals surface area (Å²) in [5.41, 5.74) is 6.25. The Hall–Kier alpha value is -2.15. The molecule has 0 saturated heterocycles. The van der Waals surface area contributed by atoms with Crippen LogP contribution in [0.25, 0.3) is 0 Å². The quantitative estimate of drug-likeness (QED) is 0.900. The highest BCUT2D eigenvalue weighted by Gasteiger charge is 2.15. The van der Waals surface area contributed by atoms with E-state index in [2.05, 4.69) is 9.71 Å². The maximum Gasteiger partial charge on any atom is 0.262 e. The number of nitrogens with zero attached hydrogens (tertiary/aromatic N) is 1. The van der Waals surface area contributed by atoms with Crippen molar-refractivity contribution in [2.45, 2.75) is 11.8 Å². The van der Waals surface area contributed by atoms with Gasteiger partial charge in [-0.15, -0.1) is 0 Å². The Morgan fingerprint density at radius 2 is 2.00 bits per heavy atom. The topological polar surface area (TPSA) is 85.1 Å². The fraction of sp³-hybridized carbons (Fsp3) is 0.0833. The van der Waals surface area contributed by atoms with Crippen LogP contribution in [0.3, 0.4) is 0 Å². The van der Waals surface area contributed by atoms with Crippen LogP contribution in [0.4, 0.5) is 15.9 Å². The van der Waals surface area contributed by atoms with Crippen molar-refractivity contribution in [1.82, 2.24) is 4.98 Å². The van der Waals surface area contributed by atoms with Gasteiger partial charge in [0.1, 0.15) is 11.6 Å². The molecule has 0 radical (unpaired) electrons. The highest BCUT2D eigenvalue weighted by Crippen LogP contribution is 2.20. The second-order valence-corrected chi connectivity index (χ2v) is 5.66. The molecule has 100 valence electrons. The third-order valence-corrected chi connectivity index (χ3v) is 3.86. The lowest BCUT2D eigenvalue weighted by Gasteiger charge is -2.10. The van der Waals surface area contributed by atoms with Gasteiger partial charge in [0.15, 0.2) is 0 Å². The number of sulfonamides is 1. The van der Waals surface area contributed by atoms with Crippen molar-refractivity contribution in [2.75, 3.05) is 10.5 Å². The Morgan fingerprint density at radius 3 is 2.63 bits per heavy atom. The molecule has 2 rings (SSSR count). The van der Waals surface area contributed by atoms with E-state index < -0.39 is 15.8 Å². The summed E-state index contributed by atoms with van der Waals surface area (Å²) in [5.74, 6) is -0.313. The summed E-state index contributed by atoms with van der Waals surface area (Å²) >= 11 is 0. The Morgan fingerprint density at radius 1 is 1.26 bits per heavy atom. The summed E-state index contributed by atoms with van der Waals surface area (Å²) < 4.78 is 39.5. The van der Waals surface area contributed by atoms with Crippen molar-refractivity contribution in [3.8, 4) is 0 Å². The number of hydrogen-bond acceptors (Lipinski definition) is 4. The lowest BCUT2D eigenvalue weighted by molar-refractivity contribution is 0.600. The third-order valence-electron chi connectivity index (χ3n) is 2.50. The van der Waals surface area contributed by atoms with Crippen molar-refractivity contribution in [2.24, 2.45) is 0 Å². The number of halogens is 1. The van der Waals surface area contributed by atoms with Crippen molar-refractivity contribution >= 4 is 21.5 Å². The zero-order valence-corrected chi connectivity index (χ0v) is 10.9. The summed E-state index contributed by atoms with van der Waals surface area (Å²) in [4.78, 5) is 3.73. The van der Waals surface area contributed by atoms with Gasteiger partial charge in [-0.1, -0.05) is 0 Å². The minimum absolute atomic E-state index is 0.00345. The second kappa shape index (κ2) is 4.85. The summed E-state index contributed by atoms with van der Waals surface area (Å²) in [6, 6.07) is 6.38. The molecule has 7 heteroatoms. The van der Waals surface area contributed by atoms with Gasteiger partial charge in [0.05, 0.1) is 10.6 Å². The molecule has 19 heavy (non-hydrogen) atoms. The zero-order chi connectivity index (χ0) is 14.0. The van der Waals surface area contributed by atoms with Gasteiger partial charge >= 0.3 is 0 Å². The van der Waals surface area contributed by atoms with Crippen LogP contribution in [0.1, 0.15) is 5.56 Å². The van der Waals surface area contributed by atoms with Gasteiger partial charge in [0.2, 0.25) is 0 Å². The summed E-state index contributed by atoms with van der Waals surface area (Å²) in [6.45, 7) is 1.61. The number of anilines is 2. The second-order valence-electron chi connectivity index (χ2n) is 3.98. The maximum absolute atomic E-state index is 13.0. The van der Waals surface area contributed by atoms with Gasteiger partial charge < -0.3 is 5.73 Å². The van der Waals surface area contributed by atoms with Gasteiger partial charge in [-0.2, -0.15) is 0 Å². The predicted molar refractivity (Wildman–Crippen MR) is 70.6 cm³/mol. The number of benzene rings is 1. The molecular formula is C12H12FN3O2S. The van der Waals surface area contributed by atoms with Crippen molar-refractivity contribution in [3.05, 3.63) is 47.9 Å². The van der Waals surface area contributed by atoms with Crippen LogP contribution in [0.2, 0.25) is 0 Å². The molecule has 0 spiro atoms. The third kappa shape index (κ3) is 3.00. The summed E-state index contributed by atoms with van der Waals surface area (Å²) in [6.07, 6.45) is 1.31. The largest absolute Gasteiger partial charge is 0.384 e. The zero-order valence-electron chi connectivity index (χ0n) is 10.1. The first kappa shape index (κ1) is 13.3. The Bertz CT molecular complexity index is 717. The van der Waals surface area contributed by atoms with Crippen LogP contribution >= 0.6 is 0 Å². The minimum Gasteiger partial charge on any atom is -0.384 e. The van der Waals surface area contributed by atoms with Gasteiger partial charge in [0, 0.05) is 12.3 Å². The number of nitrogen functional groups attached to an aromatic ring is 1. The highest BCUT2D eigenvalue weighted by atomic mass is 32.2. The molecule has 0 unspecified atom stereocenters. The van der Waals surface area contributed by atoms with Gasteiger partial charge in [-0.25, -0.2) is 17.8 Å². The first-order valence-electron chi connectivity index (χ1n) is 5.39. The van der Waals surface area contributed by atoms with Crippen LogP contribution < -0.4 is 10.5 Å². The molecule has 0 aliphatic heterocycles. The van der Waals surface area contributed by atoms with Crippen molar-refractivity contribution in [1.29, 1.82) is 0 Å². The van der Waals surface area contributed by atoms with E-state index in [1.54, 1.807) is 6.92 Å². The molecule has 2 aromatic rings. The summed E-state index contributed by atoms with van der Waals surface area (Å²) in [7, 11) is -3.76. The molecular weight excluding hydrogens is 269 g/mol. The van der Waals surface area contributed by atoms with E-state index in [9.17, 15) is 12.8 Å². The fourth-order valence-corrected chi connectivity index (χ4v) is 2.69. The molecule has 5 nitrogen and oxygen atoms in total. The molecule has 3 N–H and O–H groups in total. The molecule has 1 aromatic carbocycles. The molecule has 1 aromatic heterocycles. The molecule has 0 atom stereocenters. The molecule has 0 aliphatic rings. The van der Waals surface area contributed by atoms with E-state index in [0.29, 0.717) is 11.3 Å². The standard InChI is InChI=1S/C12H12FN3O2S/c1-8-6-9(13)2-3-11(8)16-19(17,18)10-4-5-15-12(14)7-10/h2-7,16H,1H3,(H2,14,15). The van der Waals surface area contributed by atoms with E-state index in [1.807, 2.05) is 0 Å². The number of hydrogen-bond donors (Lipinski definition) is 2. The number of nitrogens with one attached hydrogen (secondary N) is 1. The molecule has 0 bridgehead atoms. The monoisotopic (exact) mass is 281 g/mol.